The van der Waals surface area contributed by atoms with Gasteiger partial charge in [-0.25, -0.2) is 4.39 Å². The number of halogens is 1. The molecule has 2 rings (SSSR count). The van der Waals surface area contributed by atoms with E-state index in [1.807, 2.05) is 0 Å². The standard InChI is InChI=1S/C16H21FN2O3/c1-16(15(21)18-2)11-19(9-10-22-16)14(20)8-5-12-3-6-13(17)7-4-12/h3-4,6-7H,5,8-11H2,1-2H3,(H,18,21). The zero-order chi connectivity index (χ0) is 16.2. The topological polar surface area (TPSA) is 58.6 Å². The van der Waals surface area contributed by atoms with Crippen molar-refractivity contribution < 1.29 is 18.7 Å². The van der Waals surface area contributed by atoms with Crippen molar-refractivity contribution >= 4 is 11.8 Å². The molecule has 1 N–H and O–H groups in total. The number of carbonyl (C=O) groups excluding carboxylic acids is 2. The van der Waals surface area contributed by atoms with Gasteiger partial charge in [0.15, 0.2) is 5.60 Å². The second-order valence-corrected chi connectivity index (χ2v) is 5.60. The van der Waals surface area contributed by atoms with Gasteiger partial charge in [-0.2, -0.15) is 0 Å². The number of aryl methyl sites for hydroxylation is 1. The van der Waals surface area contributed by atoms with Crippen LogP contribution in [0.3, 0.4) is 0 Å². The van der Waals surface area contributed by atoms with E-state index in [0.717, 1.165) is 5.56 Å². The predicted molar refractivity (Wildman–Crippen MR) is 79.7 cm³/mol. The molecule has 22 heavy (non-hydrogen) atoms. The van der Waals surface area contributed by atoms with E-state index in [0.29, 0.717) is 26.0 Å². The van der Waals surface area contributed by atoms with Gasteiger partial charge in [-0.3, -0.25) is 9.59 Å². The number of likely N-dealkylation sites (N-methyl/N-ethyl adjacent to an activating group) is 1. The lowest BCUT2D eigenvalue weighted by molar-refractivity contribution is -0.162. The SMILES string of the molecule is CNC(=O)C1(C)CN(C(=O)CCc2ccc(F)cc2)CCO1. The fourth-order valence-electron chi connectivity index (χ4n) is 2.55. The Kier molecular flexibility index (Phi) is 5.13. The zero-order valence-corrected chi connectivity index (χ0v) is 12.9. The van der Waals surface area contributed by atoms with Gasteiger partial charge in [0.05, 0.1) is 13.2 Å². The van der Waals surface area contributed by atoms with Gasteiger partial charge in [-0.15, -0.1) is 0 Å². The van der Waals surface area contributed by atoms with E-state index in [-0.39, 0.29) is 24.2 Å². The van der Waals surface area contributed by atoms with Gasteiger partial charge >= 0.3 is 0 Å². The number of ether oxygens (including phenoxy) is 1. The molecule has 1 aromatic carbocycles. The molecule has 1 heterocycles. The highest BCUT2D eigenvalue weighted by Gasteiger charge is 2.39. The smallest absolute Gasteiger partial charge is 0.253 e. The van der Waals surface area contributed by atoms with Crippen LogP contribution in [0.2, 0.25) is 0 Å². The minimum Gasteiger partial charge on any atom is -0.362 e. The maximum absolute atomic E-state index is 12.8. The first-order valence-corrected chi connectivity index (χ1v) is 7.33. The Balaban J connectivity index is 1.92. The molecule has 0 radical (unpaired) electrons. The summed E-state index contributed by atoms with van der Waals surface area (Å²) in [4.78, 5) is 25.8. The normalized spacial score (nSPS) is 21.5. The van der Waals surface area contributed by atoms with Crippen molar-refractivity contribution in [2.75, 3.05) is 26.7 Å². The van der Waals surface area contributed by atoms with Gasteiger partial charge in [-0.05, 0) is 31.0 Å². The van der Waals surface area contributed by atoms with Gasteiger partial charge in [0.1, 0.15) is 5.82 Å². The van der Waals surface area contributed by atoms with Crippen molar-refractivity contribution in [2.24, 2.45) is 0 Å². The molecule has 0 saturated carbocycles. The van der Waals surface area contributed by atoms with Crippen LogP contribution >= 0.6 is 0 Å². The van der Waals surface area contributed by atoms with Crippen molar-refractivity contribution in [3.8, 4) is 0 Å². The van der Waals surface area contributed by atoms with Crippen molar-refractivity contribution in [3.05, 3.63) is 35.6 Å². The molecule has 5 nitrogen and oxygen atoms in total. The first kappa shape index (κ1) is 16.4. The van der Waals surface area contributed by atoms with E-state index in [9.17, 15) is 14.0 Å². The molecule has 0 aromatic heterocycles. The lowest BCUT2D eigenvalue weighted by Gasteiger charge is -2.39. The highest BCUT2D eigenvalue weighted by Crippen LogP contribution is 2.19. The Morgan fingerprint density at radius 2 is 2.05 bits per heavy atom. The van der Waals surface area contributed by atoms with E-state index in [1.165, 1.54) is 12.1 Å². The summed E-state index contributed by atoms with van der Waals surface area (Å²) in [7, 11) is 1.55. The molecular formula is C16H21FN2O3. The number of rotatable bonds is 4. The molecule has 120 valence electrons. The molecule has 0 spiro atoms. The summed E-state index contributed by atoms with van der Waals surface area (Å²) in [6.07, 6.45) is 0.878. The average Bonchev–Trinajstić information content (AvgIpc) is 2.53. The van der Waals surface area contributed by atoms with Crippen LogP contribution in [0.1, 0.15) is 18.9 Å². The number of nitrogens with one attached hydrogen (secondary N) is 1. The lowest BCUT2D eigenvalue weighted by Crippen LogP contribution is -2.58. The summed E-state index contributed by atoms with van der Waals surface area (Å²) in [6.45, 7) is 2.75. The van der Waals surface area contributed by atoms with Gasteiger partial charge in [-0.1, -0.05) is 12.1 Å². The van der Waals surface area contributed by atoms with Crippen LogP contribution in [0.15, 0.2) is 24.3 Å². The molecule has 0 bridgehead atoms. The van der Waals surface area contributed by atoms with Crippen molar-refractivity contribution in [2.45, 2.75) is 25.4 Å². The summed E-state index contributed by atoms with van der Waals surface area (Å²) >= 11 is 0. The molecule has 1 saturated heterocycles. The van der Waals surface area contributed by atoms with Gasteiger partial charge < -0.3 is 15.0 Å². The molecule has 1 atom stereocenters. The summed E-state index contributed by atoms with van der Waals surface area (Å²) in [5, 5.41) is 2.56. The van der Waals surface area contributed by atoms with E-state index in [2.05, 4.69) is 5.32 Å². The number of amides is 2. The molecule has 0 aliphatic carbocycles. The molecule has 1 aliphatic heterocycles. The summed E-state index contributed by atoms with van der Waals surface area (Å²) in [5.41, 5.74) is -0.0875. The van der Waals surface area contributed by atoms with Crippen molar-refractivity contribution in [1.82, 2.24) is 10.2 Å². The zero-order valence-electron chi connectivity index (χ0n) is 12.9. The monoisotopic (exact) mass is 308 g/mol. The Hall–Kier alpha value is -1.95. The van der Waals surface area contributed by atoms with Crippen LogP contribution in [0, 0.1) is 5.82 Å². The maximum Gasteiger partial charge on any atom is 0.253 e. The molecule has 1 aliphatic rings. The first-order valence-electron chi connectivity index (χ1n) is 7.33. The molecule has 6 heteroatoms. The second-order valence-electron chi connectivity index (χ2n) is 5.60. The minimum atomic E-state index is -1.00. The van der Waals surface area contributed by atoms with Crippen LogP contribution in [0.25, 0.3) is 0 Å². The fourth-order valence-corrected chi connectivity index (χ4v) is 2.55. The van der Waals surface area contributed by atoms with Crippen LogP contribution < -0.4 is 5.32 Å². The molecule has 1 fully saturated rings. The Morgan fingerprint density at radius 3 is 2.68 bits per heavy atom. The number of nitrogens with zero attached hydrogens (tertiary/aromatic N) is 1. The van der Waals surface area contributed by atoms with E-state index in [1.54, 1.807) is 31.0 Å². The molecular weight excluding hydrogens is 287 g/mol. The minimum absolute atomic E-state index is 0.0252. The Labute approximate surface area is 129 Å². The van der Waals surface area contributed by atoms with Crippen LogP contribution in [-0.4, -0.2) is 49.1 Å². The summed E-state index contributed by atoms with van der Waals surface area (Å²) in [6, 6.07) is 6.13. The molecule has 1 unspecified atom stereocenters. The highest BCUT2D eigenvalue weighted by atomic mass is 19.1. The number of hydrogen-bond donors (Lipinski definition) is 1. The van der Waals surface area contributed by atoms with Crippen molar-refractivity contribution in [1.29, 1.82) is 0 Å². The van der Waals surface area contributed by atoms with Crippen LogP contribution in [0.5, 0.6) is 0 Å². The van der Waals surface area contributed by atoms with Crippen molar-refractivity contribution in [3.63, 3.8) is 0 Å². The highest BCUT2D eigenvalue weighted by molar-refractivity contribution is 5.86. The summed E-state index contributed by atoms with van der Waals surface area (Å²) in [5.74, 6) is -0.545. The average molecular weight is 308 g/mol. The first-order chi connectivity index (χ1) is 10.4. The third-order valence-electron chi connectivity index (χ3n) is 3.88. The summed E-state index contributed by atoms with van der Waals surface area (Å²) < 4.78 is 18.4. The van der Waals surface area contributed by atoms with Crippen LogP contribution in [0.4, 0.5) is 4.39 Å². The number of hydrogen-bond acceptors (Lipinski definition) is 3. The number of benzene rings is 1. The lowest BCUT2D eigenvalue weighted by atomic mass is 10.0. The van der Waals surface area contributed by atoms with E-state index in [4.69, 9.17) is 4.74 Å². The third kappa shape index (κ3) is 3.82. The van der Waals surface area contributed by atoms with Gasteiger partial charge in [0, 0.05) is 20.0 Å². The van der Waals surface area contributed by atoms with Gasteiger partial charge in [0.25, 0.3) is 5.91 Å². The largest absolute Gasteiger partial charge is 0.362 e. The van der Waals surface area contributed by atoms with E-state index < -0.39 is 5.60 Å². The van der Waals surface area contributed by atoms with Gasteiger partial charge in [0.2, 0.25) is 5.91 Å². The predicted octanol–water partition coefficient (Wildman–Crippen LogP) is 1.12. The maximum atomic E-state index is 12.8. The molecule has 1 aromatic rings. The van der Waals surface area contributed by atoms with Crippen LogP contribution in [-0.2, 0) is 20.7 Å². The Bertz CT molecular complexity index is 547. The third-order valence-corrected chi connectivity index (χ3v) is 3.88. The quantitative estimate of drug-likeness (QED) is 0.907. The fraction of sp³-hybridized carbons (Fsp3) is 0.500. The van der Waals surface area contributed by atoms with E-state index >= 15 is 0 Å². The Morgan fingerprint density at radius 1 is 1.36 bits per heavy atom. The second kappa shape index (κ2) is 6.87. The number of carbonyl (C=O) groups is 2. The molecule has 2 amide bonds. The number of morpholine rings is 1.